The maximum atomic E-state index is 9.50. The molecule has 0 aliphatic heterocycles. The third kappa shape index (κ3) is 2.92. The van der Waals surface area contributed by atoms with E-state index in [1.807, 2.05) is 6.92 Å². The number of fused-ring (bicyclic) bond motifs is 3. The maximum absolute atomic E-state index is 9.50. The number of nitrogens with zero attached hydrogens (tertiary/aromatic N) is 1. The van der Waals surface area contributed by atoms with E-state index in [0.717, 1.165) is 24.0 Å². The highest BCUT2D eigenvalue weighted by Crippen LogP contribution is 2.42. The molecule has 0 aromatic heterocycles. The van der Waals surface area contributed by atoms with Gasteiger partial charge in [-0.25, -0.2) is 0 Å². The van der Waals surface area contributed by atoms with E-state index in [4.69, 9.17) is 0 Å². The largest absolute Gasteiger partial charge is 0.193 e. The molecular weight excluding hydrogens is 266 g/mol. The minimum atomic E-state index is 0.0798. The van der Waals surface area contributed by atoms with Crippen molar-refractivity contribution in [2.45, 2.75) is 39.5 Å². The number of nitriles is 1. The summed E-state index contributed by atoms with van der Waals surface area (Å²) in [5, 5.41) is 9.50. The van der Waals surface area contributed by atoms with Crippen LogP contribution in [-0.4, -0.2) is 0 Å². The van der Waals surface area contributed by atoms with Gasteiger partial charge >= 0.3 is 0 Å². The zero-order valence-electron chi connectivity index (χ0n) is 13.5. The van der Waals surface area contributed by atoms with Crippen LogP contribution in [-0.2, 0) is 0 Å². The first kappa shape index (κ1) is 14.9. The van der Waals surface area contributed by atoms with Crippen LogP contribution in [0.2, 0.25) is 0 Å². The van der Waals surface area contributed by atoms with E-state index >= 15 is 0 Å². The second-order valence-electron chi connectivity index (χ2n) is 6.90. The average molecular weight is 289 g/mol. The number of hydrogen-bond acceptors (Lipinski definition) is 1. The molecule has 0 aromatic rings. The molecule has 112 valence electrons. The molecule has 0 saturated carbocycles. The lowest BCUT2D eigenvalue weighted by Crippen LogP contribution is -2.12. The Kier molecular flexibility index (Phi) is 4.03. The van der Waals surface area contributed by atoms with Crippen LogP contribution in [0, 0.1) is 22.7 Å². The lowest BCUT2D eigenvalue weighted by atomic mass is 9.81. The summed E-state index contributed by atoms with van der Waals surface area (Å²) < 4.78 is 0. The smallest absolute Gasteiger partial charge is 0.0950 e. The summed E-state index contributed by atoms with van der Waals surface area (Å²) in [4.78, 5) is 0. The summed E-state index contributed by atoms with van der Waals surface area (Å²) in [7, 11) is 0. The Balaban J connectivity index is 2.21. The standard InChI is InChI=1S/C21H23N/c1-16(15-22)20-18-8-4-3-7-17(13-18)10-12-21(2)11-6-5-9-19(20)14-21/h3-6,8-9,11,14,17H,7,10,12-13H2,1-2H3/b20-16+. The summed E-state index contributed by atoms with van der Waals surface area (Å²) >= 11 is 0. The van der Waals surface area contributed by atoms with Gasteiger partial charge in [-0.2, -0.15) is 5.26 Å². The molecule has 0 heterocycles. The van der Waals surface area contributed by atoms with Crippen molar-refractivity contribution in [2.75, 3.05) is 0 Å². The molecule has 3 aliphatic carbocycles. The number of rotatable bonds is 0. The molecule has 1 heteroatoms. The Morgan fingerprint density at radius 1 is 1.32 bits per heavy atom. The van der Waals surface area contributed by atoms with E-state index in [1.54, 1.807) is 0 Å². The molecule has 2 unspecified atom stereocenters. The van der Waals surface area contributed by atoms with E-state index < -0.39 is 0 Å². The van der Waals surface area contributed by atoms with Crippen molar-refractivity contribution in [1.82, 2.24) is 0 Å². The zero-order chi connectivity index (χ0) is 15.6. The maximum Gasteiger partial charge on any atom is 0.0950 e. The van der Waals surface area contributed by atoms with Gasteiger partial charge in [-0.3, -0.25) is 0 Å². The number of allylic oxidation sites excluding steroid dienone is 12. The summed E-state index contributed by atoms with van der Waals surface area (Å²) in [6, 6.07) is 2.38. The highest BCUT2D eigenvalue weighted by Gasteiger charge is 2.27. The van der Waals surface area contributed by atoms with Gasteiger partial charge in [0.1, 0.15) is 0 Å². The van der Waals surface area contributed by atoms with E-state index in [9.17, 15) is 5.26 Å². The minimum absolute atomic E-state index is 0.0798. The van der Waals surface area contributed by atoms with E-state index in [-0.39, 0.29) is 5.41 Å². The second kappa shape index (κ2) is 5.97. The van der Waals surface area contributed by atoms with Crippen molar-refractivity contribution in [2.24, 2.45) is 11.3 Å². The van der Waals surface area contributed by atoms with Gasteiger partial charge in [0, 0.05) is 11.0 Å². The predicted molar refractivity (Wildman–Crippen MR) is 92.0 cm³/mol. The third-order valence-corrected chi connectivity index (χ3v) is 5.00. The van der Waals surface area contributed by atoms with Gasteiger partial charge in [-0.15, -0.1) is 0 Å². The van der Waals surface area contributed by atoms with Gasteiger partial charge < -0.3 is 0 Å². The van der Waals surface area contributed by atoms with Crippen LogP contribution < -0.4 is 0 Å². The molecule has 4 bridgehead atoms. The Hall–Kier alpha value is -2.07. The average Bonchev–Trinajstić information content (AvgIpc) is 2.82. The third-order valence-electron chi connectivity index (χ3n) is 5.00. The first-order valence-corrected chi connectivity index (χ1v) is 8.17. The summed E-state index contributed by atoms with van der Waals surface area (Å²) in [5.74, 6) is 0.676. The molecule has 2 atom stereocenters. The van der Waals surface area contributed by atoms with E-state index in [1.165, 1.54) is 24.0 Å². The van der Waals surface area contributed by atoms with Crippen LogP contribution in [0.3, 0.4) is 0 Å². The van der Waals surface area contributed by atoms with Gasteiger partial charge in [0.25, 0.3) is 0 Å². The van der Waals surface area contributed by atoms with Gasteiger partial charge in [-0.1, -0.05) is 55.5 Å². The summed E-state index contributed by atoms with van der Waals surface area (Å²) in [6.07, 6.45) is 22.4. The Bertz CT molecular complexity index is 688. The molecule has 22 heavy (non-hydrogen) atoms. The molecule has 3 rings (SSSR count). The molecule has 0 amide bonds. The van der Waals surface area contributed by atoms with Crippen molar-refractivity contribution < 1.29 is 0 Å². The van der Waals surface area contributed by atoms with Crippen molar-refractivity contribution in [1.29, 1.82) is 5.26 Å². The van der Waals surface area contributed by atoms with Crippen molar-refractivity contribution in [3.8, 4) is 6.07 Å². The van der Waals surface area contributed by atoms with Crippen molar-refractivity contribution in [3.05, 3.63) is 70.9 Å². The highest BCUT2D eigenvalue weighted by atomic mass is 14.3. The van der Waals surface area contributed by atoms with Crippen molar-refractivity contribution in [3.63, 3.8) is 0 Å². The fourth-order valence-corrected chi connectivity index (χ4v) is 3.73. The Morgan fingerprint density at radius 2 is 2.18 bits per heavy atom. The lowest BCUT2D eigenvalue weighted by molar-refractivity contribution is 0.393. The highest BCUT2D eigenvalue weighted by molar-refractivity contribution is 5.59. The van der Waals surface area contributed by atoms with E-state index in [2.05, 4.69) is 61.6 Å². The zero-order valence-corrected chi connectivity index (χ0v) is 13.5. The Morgan fingerprint density at radius 3 is 3.00 bits per heavy atom. The van der Waals surface area contributed by atoms with Gasteiger partial charge in [0.15, 0.2) is 0 Å². The van der Waals surface area contributed by atoms with Gasteiger partial charge in [0.05, 0.1) is 6.07 Å². The Labute approximate surface area is 133 Å². The van der Waals surface area contributed by atoms with Crippen LogP contribution in [0.4, 0.5) is 0 Å². The monoisotopic (exact) mass is 289 g/mol. The molecule has 0 spiro atoms. The topological polar surface area (TPSA) is 23.8 Å². The van der Waals surface area contributed by atoms with Crippen LogP contribution in [0.15, 0.2) is 70.9 Å². The first-order valence-electron chi connectivity index (χ1n) is 8.17. The number of hydrogen-bond donors (Lipinski definition) is 0. The fraction of sp³-hybridized carbons (Fsp3) is 0.381. The van der Waals surface area contributed by atoms with Crippen LogP contribution in [0.5, 0.6) is 0 Å². The molecule has 0 aromatic carbocycles. The lowest BCUT2D eigenvalue weighted by Gasteiger charge is -2.24. The minimum Gasteiger partial charge on any atom is -0.193 e. The predicted octanol–water partition coefficient (Wildman–Crippen LogP) is 5.57. The SMILES string of the molecule is C/C(C#N)=C1\C2=CC(C)(C=CC=C2)CCC2CC=CC=C1C2. The molecule has 1 nitrogen and oxygen atoms in total. The van der Waals surface area contributed by atoms with Crippen LogP contribution in [0.25, 0.3) is 0 Å². The normalized spacial score (nSPS) is 32.5. The first-order chi connectivity index (χ1) is 10.6. The summed E-state index contributed by atoms with van der Waals surface area (Å²) in [5.41, 5.74) is 4.57. The summed E-state index contributed by atoms with van der Waals surface area (Å²) in [6.45, 7) is 4.26. The second-order valence-corrected chi connectivity index (χ2v) is 6.90. The molecule has 0 N–H and O–H groups in total. The quantitative estimate of drug-likeness (QED) is 0.535. The fourth-order valence-electron chi connectivity index (χ4n) is 3.73. The van der Waals surface area contributed by atoms with Gasteiger partial charge in [-0.05, 0) is 55.2 Å². The van der Waals surface area contributed by atoms with Crippen LogP contribution in [0.1, 0.15) is 39.5 Å². The van der Waals surface area contributed by atoms with Crippen molar-refractivity contribution >= 4 is 0 Å². The van der Waals surface area contributed by atoms with E-state index in [0.29, 0.717) is 5.92 Å². The molecule has 0 saturated heterocycles. The molecular formula is C21H23N. The van der Waals surface area contributed by atoms with Crippen LogP contribution >= 0.6 is 0 Å². The van der Waals surface area contributed by atoms with Gasteiger partial charge in [0.2, 0.25) is 0 Å². The molecule has 3 aliphatic rings. The molecule has 0 radical (unpaired) electrons. The molecule has 0 fully saturated rings.